The van der Waals surface area contributed by atoms with Crippen LogP contribution in [0.25, 0.3) is 0 Å². The summed E-state index contributed by atoms with van der Waals surface area (Å²) in [5.74, 6) is 0.366. The lowest BCUT2D eigenvalue weighted by Gasteiger charge is -2.01. The molecule has 0 unspecified atom stereocenters. The van der Waals surface area contributed by atoms with Crippen molar-refractivity contribution in [2.45, 2.75) is 12.8 Å². The lowest BCUT2D eigenvalue weighted by molar-refractivity contribution is 0.470. The summed E-state index contributed by atoms with van der Waals surface area (Å²) in [4.78, 5) is 0. The zero-order chi connectivity index (χ0) is 8.97. The van der Waals surface area contributed by atoms with Crippen molar-refractivity contribution >= 4 is 22.6 Å². The van der Waals surface area contributed by atoms with Crippen molar-refractivity contribution in [3.05, 3.63) is 27.3 Å². The number of aryl methyl sites for hydroxylation is 1. The largest absolute Gasteiger partial charge is 0.507 e. The number of hydrogen-bond acceptors (Lipinski definition) is 2. The molecule has 0 aliphatic carbocycles. The highest BCUT2D eigenvalue weighted by molar-refractivity contribution is 14.1. The van der Waals surface area contributed by atoms with Gasteiger partial charge in [0.25, 0.3) is 0 Å². The highest BCUT2D eigenvalue weighted by Crippen LogP contribution is 2.20. The second kappa shape index (κ2) is 4.67. The molecule has 12 heavy (non-hydrogen) atoms. The molecule has 0 atom stereocenters. The monoisotopic (exact) mass is 277 g/mol. The quantitative estimate of drug-likeness (QED) is 0.829. The summed E-state index contributed by atoms with van der Waals surface area (Å²) >= 11 is 2.10. The van der Waals surface area contributed by atoms with Crippen LogP contribution >= 0.6 is 22.6 Å². The molecule has 0 aromatic heterocycles. The number of phenolic OH excluding ortho intramolecular Hbond substituents is 1. The van der Waals surface area contributed by atoms with Crippen molar-refractivity contribution < 1.29 is 5.11 Å². The maximum Gasteiger partial charge on any atom is 0.129 e. The molecule has 1 aromatic rings. The summed E-state index contributed by atoms with van der Waals surface area (Å²) in [5.41, 5.74) is 6.53. The first kappa shape index (κ1) is 9.80. The van der Waals surface area contributed by atoms with Crippen LogP contribution in [0.4, 0.5) is 0 Å². The fourth-order valence-electron chi connectivity index (χ4n) is 1.02. The third-order valence-electron chi connectivity index (χ3n) is 1.68. The molecule has 1 rings (SSSR count). The molecule has 0 spiro atoms. The van der Waals surface area contributed by atoms with Gasteiger partial charge in [-0.25, -0.2) is 0 Å². The summed E-state index contributed by atoms with van der Waals surface area (Å²) in [5, 5.41) is 9.36. The van der Waals surface area contributed by atoms with Crippen molar-refractivity contribution in [3.8, 4) is 5.75 Å². The molecule has 0 amide bonds. The normalized spacial score (nSPS) is 10.2. The van der Waals surface area contributed by atoms with Crippen LogP contribution in [-0.2, 0) is 6.42 Å². The Morgan fingerprint density at radius 2 is 2.17 bits per heavy atom. The van der Waals surface area contributed by atoms with Gasteiger partial charge in [-0.05, 0) is 59.7 Å². The predicted molar refractivity (Wildman–Crippen MR) is 58.2 cm³/mol. The minimum atomic E-state index is 0.366. The van der Waals surface area contributed by atoms with E-state index < -0.39 is 0 Å². The van der Waals surface area contributed by atoms with Gasteiger partial charge < -0.3 is 10.8 Å². The lowest BCUT2D eigenvalue weighted by atomic mass is 10.1. The third kappa shape index (κ3) is 2.64. The predicted octanol–water partition coefficient (Wildman–Crippen LogP) is 1.89. The smallest absolute Gasteiger partial charge is 0.129 e. The van der Waals surface area contributed by atoms with Gasteiger partial charge in [0.2, 0.25) is 0 Å². The van der Waals surface area contributed by atoms with Gasteiger partial charge in [-0.3, -0.25) is 0 Å². The van der Waals surface area contributed by atoms with E-state index in [1.165, 1.54) is 0 Å². The molecule has 0 saturated heterocycles. The third-order valence-corrected chi connectivity index (χ3v) is 2.59. The average Bonchev–Trinajstić information content (AvgIpc) is 2.07. The minimum Gasteiger partial charge on any atom is -0.507 e. The van der Waals surface area contributed by atoms with Gasteiger partial charge >= 0.3 is 0 Å². The summed E-state index contributed by atoms with van der Waals surface area (Å²) in [6, 6.07) is 5.75. The Labute approximate surface area is 85.9 Å². The molecule has 2 nitrogen and oxygen atoms in total. The van der Waals surface area contributed by atoms with Crippen LogP contribution in [0.1, 0.15) is 12.0 Å². The van der Waals surface area contributed by atoms with Gasteiger partial charge in [-0.15, -0.1) is 0 Å². The number of nitrogens with two attached hydrogens (primary N) is 1. The second-order valence-electron chi connectivity index (χ2n) is 2.68. The van der Waals surface area contributed by atoms with Crippen LogP contribution in [-0.4, -0.2) is 11.7 Å². The van der Waals surface area contributed by atoms with Crippen LogP contribution in [0.2, 0.25) is 0 Å². The van der Waals surface area contributed by atoms with Crippen molar-refractivity contribution in [2.24, 2.45) is 5.73 Å². The number of phenols is 1. The number of benzene rings is 1. The number of rotatable bonds is 3. The first-order valence-electron chi connectivity index (χ1n) is 3.91. The van der Waals surface area contributed by atoms with Gasteiger partial charge in [0.15, 0.2) is 0 Å². The van der Waals surface area contributed by atoms with Crippen molar-refractivity contribution in [3.63, 3.8) is 0 Å². The van der Waals surface area contributed by atoms with Crippen LogP contribution < -0.4 is 5.73 Å². The summed E-state index contributed by atoms with van der Waals surface area (Å²) in [7, 11) is 0. The Balaban J connectivity index is 2.69. The van der Waals surface area contributed by atoms with Gasteiger partial charge in [-0.2, -0.15) is 0 Å². The Bertz CT molecular complexity index is 263. The molecule has 3 N–H and O–H groups in total. The molecular formula is C9H12INO. The van der Waals surface area contributed by atoms with E-state index in [2.05, 4.69) is 22.6 Å². The van der Waals surface area contributed by atoms with E-state index in [0.29, 0.717) is 12.3 Å². The second-order valence-corrected chi connectivity index (χ2v) is 3.84. The van der Waals surface area contributed by atoms with Gasteiger partial charge in [-0.1, -0.05) is 6.07 Å². The molecule has 0 aliphatic heterocycles. The SMILES string of the molecule is NCCCc1ccc(I)c(O)c1. The molecule has 0 bridgehead atoms. The fraction of sp³-hybridized carbons (Fsp3) is 0.333. The van der Waals surface area contributed by atoms with Gasteiger partial charge in [0.05, 0.1) is 3.57 Å². The highest BCUT2D eigenvalue weighted by atomic mass is 127. The molecule has 3 heteroatoms. The Hall–Kier alpha value is -0.290. The molecular weight excluding hydrogens is 265 g/mol. The number of aromatic hydroxyl groups is 1. The van der Waals surface area contributed by atoms with Crippen LogP contribution in [0, 0.1) is 3.57 Å². The van der Waals surface area contributed by atoms with E-state index in [4.69, 9.17) is 5.73 Å². The Morgan fingerprint density at radius 3 is 2.75 bits per heavy atom. The molecule has 0 heterocycles. The molecule has 0 fully saturated rings. The highest BCUT2D eigenvalue weighted by Gasteiger charge is 1.98. The van der Waals surface area contributed by atoms with Crippen LogP contribution in [0.3, 0.4) is 0 Å². The number of halogens is 1. The van der Waals surface area contributed by atoms with E-state index >= 15 is 0 Å². The average molecular weight is 277 g/mol. The van der Waals surface area contributed by atoms with Gasteiger partial charge in [0, 0.05) is 0 Å². The number of hydrogen-bond donors (Lipinski definition) is 2. The van der Waals surface area contributed by atoms with E-state index in [1.54, 1.807) is 6.07 Å². The van der Waals surface area contributed by atoms with Crippen LogP contribution in [0.15, 0.2) is 18.2 Å². The zero-order valence-corrected chi connectivity index (χ0v) is 8.91. The molecule has 1 aromatic carbocycles. The van der Waals surface area contributed by atoms with E-state index in [1.807, 2.05) is 12.1 Å². The zero-order valence-electron chi connectivity index (χ0n) is 6.76. The summed E-state index contributed by atoms with van der Waals surface area (Å²) in [6.07, 6.45) is 1.92. The molecule has 0 radical (unpaired) electrons. The maximum absolute atomic E-state index is 9.36. The Kier molecular flexibility index (Phi) is 3.81. The van der Waals surface area contributed by atoms with Crippen molar-refractivity contribution in [1.29, 1.82) is 0 Å². The molecule has 66 valence electrons. The van der Waals surface area contributed by atoms with Crippen molar-refractivity contribution in [2.75, 3.05) is 6.54 Å². The molecule has 0 aliphatic rings. The first-order chi connectivity index (χ1) is 5.74. The molecule has 0 saturated carbocycles. The standard InChI is InChI=1S/C9H12INO/c10-8-4-3-7(2-1-5-11)6-9(8)12/h3-4,6,12H,1-2,5,11H2. The Morgan fingerprint density at radius 1 is 1.42 bits per heavy atom. The fourth-order valence-corrected chi connectivity index (χ4v) is 1.36. The minimum absolute atomic E-state index is 0.366. The van der Waals surface area contributed by atoms with E-state index in [-0.39, 0.29) is 0 Å². The van der Waals surface area contributed by atoms with E-state index in [9.17, 15) is 5.11 Å². The lowest BCUT2D eigenvalue weighted by Crippen LogP contribution is -2.00. The first-order valence-corrected chi connectivity index (χ1v) is 4.99. The van der Waals surface area contributed by atoms with E-state index in [0.717, 1.165) is 22.0 Å². The van der Waals surface area contributed by atoms with Crippen molar-refractivity contribution in [1.82, 2.24) is 0 Å². The summed E-state index contributed by atoms with van der Waals surface area (Å²) in [6.45, 7) is 0.701. The van der Waals surface area contributed by atoms with Crippen LogP contribution in [0.5, 0.6) is 5.75 Å². The topological polar surface area (TPSA) is 46.2 Å². The van der Waals surface area contributed by atoms with Gasteiger partial charge in [0.1, 0.15) is 5.75 Å². The maximum atomic E-state index is 9.36. The summed E-state index contributed by atoms with van der Waals surface area (Å²) < 4.78 is 0.893.